The van der Waals surface area contributed by atoms with Crippen LogP contribution >= 0.6 is 24.0 Å². The number of amides is 1. The molecule has 2 rings (SSSR count). The Morgan fingerprint density at radius 2 is 1.77 bits per heavy atom. The fraction of sp³-hybridized carbons (Fsp3) is 0.895. The monoisotopic (exact) mass is 479 g/mol. The van der Waals surface area contributed by atoms with Gasteiger partial charge in [-0.15, -0.1) is 24.0 Å². The Kier molecular flexibility index (Phi) is 10.8. The number of guanidine groups is 1. The van der Waals surface area contributed by atoms with Gasteiger partial charge < -0.3 is 15.1 Å². The third kappa shape index (κ3) is 6.55. The van der Waals surface area contributed by atoms with Crippen LogP contribution in [0.3, 0.4) is 0 Å². The van der Waals surface area contributed by atoms with Crippen LogP contribution in [-0.4, -0.2) is 86.0 Å². The molecule has 2 aliphatic rings. The van der Waals surface area contributed by atoms with Crippen molar-refractivity contribution in [2.24, 2.45) is 16.8 Å². The maximum absolute atomic E-state index is 11.4. The summed E-state index contributed by atoms with van der Waals surface area (Å²) in [5.74, 6) is 2.91. The molecule has 2 aliphatic heterocycles. The number of hydrogen-bond donors (Lipinski definition) is 1. The van der Waals surface area contributed by atoms with E-state index in [1.165, 1.54) is 19.3 Å². The van der Waals surface area contributed by atoms with Crippen LogP contribution in [0.4, 0.5) is 0 Å². The first-order valence-electron chi connectivity index (χ1n) is 10.0. The second-order valence-electron chi connectivity index (χ2n) is 7.39. The van der Waals surface area contributed by atoms with Crippen molar-refractivity contribution in [3.63, 3.8) is 0 Å². The lowest BCUT2D eigenvalue weighted by atomic mass is 9.87. The molecule has 26 heavy (non-hydrogen) atoms. The van der Waals surface area contributed by atoms with E-state index in [9.17, 15) is 4.79 Å². The molecule has 0 saturated carbocycles. The molecule has 0 aliphatic carbocycles. The van der Waals surface area contributed by atoms with Gasteiger partial charge in [0.1, 0.15) is 0 Å². The van der Waals surface area contributed by atoms with Crippen molar-refractivity contribution in [2.75, 3.05) is 59.4 Å². The molecule has 0 aromatic heterocycles. The zero-order valence-corrected chi connectivity index (χ0v) is 19.4. The average molecular weight is 479 g/mol. The highest BCUT2D eigenvalue weighted by atomic mass is 127. The molecule has 152 valence electrons. The predicted molar refractivity (Wildman–Crippen MR) is 119 cm³/mol. The van der Waals surface area contributed by atoms with E-state index in [2.05, 4.69) is 34.0 Å². The number of rotatable bonds is 6. The molecule has 6 nitrogen and oxygen atoms in total. The van der Waals surface area contributed by atoms with Crippen LogP contribution in [0.5, 0.6) is 0 Å². The summed E-state index contributed by atoms with van der Waals surface area (Å²) in [6, 6.07) is 0. The summed E-state index contributed by atoms with van der Waals surface area (Å²) in [6.07, 6.45) is 3.86. The summed E-state index contributed by atoms with van der Waals surface area (Å²) in [7, 11) is 1.89. The predicted octanol–water partition coefficient (Wildman–Crippen LogP) is 2.10. The Bertz CT molecular complexity index is 447. The molecule has 1 atom stereocenters. The minimum Gasteiger partial charge on any atom is -0.355 e. The van der Waals surface area contributed by atoms with E-state index in [0.717, 1.165) is 70.2 Å². The van der Waals surface area contributed by atoms with Gasteiger partial charge in [-0.3, -0.25) is 14.7 Å². The van der Waals surface area contributed by atoms with Gasteiger partial charge in [-0.05, 0) is 18.3 Å². The van der Waals surface area contributed by atoms with E-state index in [1.807, 2.05) is 11.9 Å². The molecular weight excluding hydrogens is 441 g/mol. The summed E-state index contributed by atoms with van der Waals surface area (Å²) < 4.78 is 0. The Morgan fingerprint density at radius 1 is 1.12 bits per heavy atom. The smallest absolute Gasteiger partial charge is 0.219 e. The molecule has 2 fully saturated rings. The van der Waals surface area contributed by atoms with Gasteiger partial charge in [-0.25, -0.2) is 0 Å². The van der Waals surface area contributed by atoms with E-state index < -0.39 is 0 Å². The molecule has 0 aromatic carbocycles. The second kappa shape index (κ2) is 12.0. The number of halogens is 1. The minimum absolute atomic E-state index is 0. The fourth-order valence-electron chi connectivity index (χ4n) is 4.26. The first-order valence-corrected chi connectivity index (χ1v) is 10.0. The number of piperazine rings is 1. The molecule has 0 aromatic rings. The molecule has 2 saturated heterocycles. The number of nitrogens with one attached hydrogen (secondary N) is 1. The van der Waals surface area contributed by atoms with Crippen molar-refractivity contribution in [1.82, 2.24) is 20.0 Å². The van der Waals surface area contributed by atoms with Gasteiger partial charge in [0.2, 0.25) is 5.91 Å². The molecule has 1 unspecified atom stereocenters. The topological polar surface area (TPSA) is 51.2 Å². The highest BCUT2D eigenvalue weighted by Gasteiger charge is 2.29. The molecule has 1 N–H and O–H groups in total. The number of carbonyl (C=O) groups excluding carboxylic acids is 1. The Morgan fingerprint density at radius 3 is 2.31 bits per heavy atom. The van der Waals surface area contributed by atoms with Gasteiger partial charge in [-0.2, -0.15) is 0 Å². The van der Waals surface area contributed by atoms with Crippen molar-refractivity contribution in [2.45, 2.75) is 40.0 Å². The fourth-order valence-corrected chi connectivity index (χ4v) is 4.26. The van der Waals surface area contributed by atoms with E-state index in [4.69, 9.17) is 0 Å². The molecule has 2 heterocycles. The first kappa shape index (κ1) is 23.5. The zero-order chi connectivity index (χ0) is 18.2. The quantitative estimate of drug-likeness (QED) is 0.360. The molecular formula is C19H38IN5O. The van der Waals surface area contributed by atoms with E-state index in [1.54, 1.807) is 6.92 Å². The number of aliphatic imine (C=N–C) groups is 1. The lowest BCUT2D eigenvalue weighted by Gasteiger charge is -2.34. The summed E-state index contributed by atoms with van der Waals surface area (Å²) in [5.41, 5.74) is 0. The van der Waals surface area contributed by atoms with Crippen LogP contribution in [0, 0.1) is 11.8 Å². The standard InChI is InChI=1S/C19H37N5O.HI/c1-5-17(6-2)18-7-9-24(15-18)19(20-4)21-8-10-22-11-13-23(14-12-22)16(3)25;/h17-18H,5-15H2,1-4H3,(H,20,21);1H. The van der Waals surface area contributed by atoms with Crippen molar-refractivity contribution < 1.29 is 4.79 Å². The Labute approximate surface area is 176 Å². The minimum atomic E-state index is 0. The first-order chi connectivity index (χ1) is 12.1. The molecule has 0 spiro atoms. The summed E-state index contributed by atoms with van der Waals surface area (Å²) in [4.78, 5) is 22.7. The van der Waals surface area contributed by atoms with Crippen molar-refractivity contribution in [1.29, 1.82) is 0 Å². The normalized spacial score (nSPS) is 21.9. The number of carbonyl (C=O) groups is 1. The van der Waals surface area contributed by atoms with Gasteiger partial charge in [0, 0.05) is 66.3 Å². The number of nitrogens with zero attached hydrogens (tertiary/aromatic N) is 4. The lowest BCUT2D eigenvalue weighted by Crippen LogP contribution is -2.50. The third-order valence-corrected chi connectivity index (χ3v) is 5.98. The van der Waals surface area contributed by atoms with Crippen LogP contribution in [0.25, 0.3) is 0 Å². The Hall–Kier alpha value is -0.570. The van der Waals surface area contributed by atoms with Crippen LogP contribution in [0.15, 0.2) is 4.99 Å². The molecule has 0 bridgehead atoms. The van der Waals surface area contributed by atoms with Crippen LogP contribution in [-0.2, 0) is 4.79 Å². The van der Waals surface area contributed by atoms with Crippen molar-refractivity contribution in [3.8, 4) is 0 Å². The third-order valence-electron chi connectivity index (χ3n) is 5.98. The largest absolute Gasteiger partial charge is 0.355 e. The summed E-state index contributed by atoms with van der Waals surface area (Å²) in [6.45, 7) is 14.1. The maximum atomic E-state index is 11.4. The van der Waals surface area contributed by atoms with Gasteiger partial charge >= 0.3 is 0 Å². The summed E-state index contributed by atoms with van der Waals surface area (Å²) >= 11 is 0. The average Bonchev–Trinajstić information content (AvgIpc) is 3.10. The van der Waals surface area contributed by atoms with Gasteiger partial charge in [0.15, 0.2) is 5.96 Å². The van der Waals surface area contributed by atoms with E-state index >= 15 is 0 Å². The van der Waals surface area contributed by atoms with Crippen LogP contribution < -0.4 is 5.32 Å². The SMILES string of the molecule is CCC(CC)C1CCN(C(=NC)NCCN2CCN(C(C)=O)CC2)C1.I. The van der Waals surface area contributed by atoms with Crippen LogP contribution in [0.1, 0.15) is 40.0 Å². The summed E-state index contributed by atoms with van der Waals surface area (Å²) in [5, 5.41) is 3.54. The van der Waals surface area contributed by atoms with Crippen molar-refractivity contribution in [3.05, 3.63) is 0 Å². The van der Waals surface area contributed by atoms with E-state index in [-0.39, 0.29) is 29.9 Å². The maximum Gasteiger partial charge on any atom is 0.219 e. The molecule has 1 amide bonds. The van der Waals surface area contributed by atoms with Crippen molar-refractivity contribution >= 4 is 35.8 Å². The highest BCUT2D eigenvalue weighted by molar-refractivity contribution is 14.0. The molecule has 7 heteroatoms. The molecule has 0 radical (unpaired) electrons. The van der Waals surface area contributed by atoms with Gasteiger partial charge in [-0.1, -0.05) is 26.7 Å². The number of likely N-dealkylation sites (tertiary alicyclic amines) is 1. The van der Waals surface area contributed by atoms with Gasteiger partial charge in [0.25, 0.3) is 0 Å². The van der Waals surface area contributed by atoms with E-state index in [0.29, 0.717) is 0 Å². The van der Waals surface area contributed by atoms with Crippen LogP contribution in [0.2, 0.25) is 0 Å². The number of hydrogen-bond acceptors (Lipinski definition) is 3. The van der Waals surface area contributed by atoms with Gasteiger partial charge in [0.05, 0.1) is 0 Å². The lowest BCUT2D eigenvalue weighted by molar-refractivity contribution is -0.130. The Balaban J connectivity index is 0.00000338. The zero-order valence-electron chi connectivity index (χ0n) is 17.0. The second-order valence-corrected chi connectivity index (χ2v) is 7.39. The highest BCUT2D eigenvalue weighted by Crippen LogP contribution is 2.28.